The fourth-order valence-electron chi connectivity index (χ4n) is 6.02. The Bertz CT molecular complexity index is 1500. The summed E-state index contributed by atoms with van der Waals surface area (Å²) in [5.41, 5.74) is 2.93. The largest absolute Gasteiger partial charge is 0.541 e. The van der Waals surface area contributed by atoms with E-state index in [0.29, 0.717) is 18.1 Å². The summed E-state index contributed by atoms with van der Waals surface area (Å²) in [5, 5.41) is -0.00641. The van der Waals surface area contributed by atoms with Crippen LogP contribution in [0.5, 0.6) is 23.0 Å². The van der Waals surface area contributed by atoms with Gasteiger partial charge in [0.2, 0.25) is 6.79 Å². The lowest BCUT2D eigenvalue weighted by atomic mass is 9.66. The molecule has 0 bridgehead atoms. The van der Waals surface area contributed by atoms with Gasteiger partial charge in [0, 0.05) is 26.5 Å². The lowest BCUT2D eigenvalue weighted by molar-refractivity contribution is -0.142. The Morgan fingerprint density at radius 2 is 1.35 bits per heavy atom. The highest BCUT2D eigenvalue weighted by molar-refractivity contribution is 6.76. The van der Waals surface area contributed by atoms with E-state index in [-0.39, 0.29) is 48.1 Å². The van der Waals surface area contributed by atoms with Gasteiger partial charge in [0.25, 0.3) is 16.6 Å². The van der Waals surface area contributed by atoms with E-state index in [2.05, 4.69) is 106 Å². The van der Waals surface area contributed by atoms with Crippen molar-refractivity contribution in [2.45, 2.75) is 116 Å². The van der Waals surface area contributed by atoms with Crippen molar-refractivity contribution < 1.29 is 37.3 Å². The van der Waals surface area contributed by atoms with Crippen molar-refractivity contribution in [3.8, 4) is 23.0 Å². The normalized spacial score (nSPS) is 22.6. The van der Waals surface area contributed by atoms with Crippen LogP contribution in [0.2, 0.25) is 61.9 Å². The molecule has 0 saturated carbocycles. The van der Waals surface area contributed by atoms with Crippen LogP contribution in [0.4, 0.5) is 0 Å². The molecular weight excluding hydrogens is 657 g/mol. The van der Waals surface area contributed by atoms with Gasteiger partial charge in [-0.25, -0.2) is 0 Å². The lowest BCUT2D eigenvalue weighted by Gasteiger charge is -2.41. The SMILES string of the molecule is CC(C)(C)[Si](C)(C)Oc1ccc([C@@H]2c3cc4c(cc3[C@H](OCOCC[Si](C)(C)C)[C@H]3COC(=O)[C@H]23)OCO4)cc1O[Si](C)(C)C(C)(C)C. The Morgan fingerprint density at radius 3 is 1.94 bits per heavy atom. The summed E-state index contributed by atoms with van der Waals surface area (Å²) in [6.45, 7) is 30.7. The quantitative estimate of drug-likeness (QED) is 0.0986. The van der Waals surface area contributed by atoms with Crippen LogP contribution >= 0.6 is 0 Å². The van der Waals surface area contributed by atoms with Crippen molar-refractivity contribution >= 4 is 30.7 Å². The van der Waals surface area contributed by atoms with Gasteiger partial charge in [-0.2, -0.15) is 0 Å². The fourth-order valence-corrected chi connectivity index (χ4v) is 8.82. The molecule has 8 nitrogen and oxygen atoms in total. The zero-order valence-electron chi connectivity index (χ0n) is 31.5. The first kappa shape index (κ1) is 36.9. The molecule has 4 atom stereocenters. The summed E-state index contributed by atoms with van der Waals surface area (Å²) in [6, 6.07) is 11.4. The van der Waals surface area contributed by atoms with Crippen LogP contribution in [-0.4, -0.2) is 57.5 Å². The molecule has 3 aliphatic rings. The Hall–Kier alpha value is -2.32. The molecule has 5 rings (SSSR count). The van der Waals surface area contributed by atoms with E-state index < -0.39 is 36.7 Å². The molecule has 2 aromatic rings. The molecule has 2 aromatic carbocycles. The number of benzene rings is 2. The van der Waals surface area contributed by atoms with Gasteiger partial charge in [-0.05, 0) is 83.3 Å². The molecule has 2 aliphatic heterocycles. The maximum absolute atomic E-state index is 13.7. The van der Waals surface area contributed by atoms with Gasteiger partial charge < -0.3 is 32.5 Å². The number of hydrogen-bond acceptors (Lipinski definition) is 8. The molecule has 0 N–H and O–H groups in total. The molecule has 266 valence electrons. The third-order valence-corrected chi connectivity index (χ3v) is 21.5. The number of carbonyl (C=O) groups is 1. The van der Waals surface area contributed by atoms with Crippen molar-refractivity contribution in [3.63, 3.8) is 0 Å². The molecule has 1 aliphatic carbocycles. The Kier molecular flexibility index (Phi) is 10.1. The standard InChI is InChI=1S/C37H58O8Si3/c1-36(2,3)47(10,11)44-28-15-14-24(18-31(28)45-48(12,13)37(4,5)6)32-25-19-29-30(42-23-41-29)20-26(25)34(27-21-40-35(38)33(27)32)43-22-39-16-17-46(7,8)9/h14-15,18-20,27,32-34H,16-17,21-23H2,1-13H3/t27-,32+,33-,34-/m0/s1. The number of cyclic esters (lactones) is 1. The first-order valence-corrected chi connectivity index (χ1v) is 26.9. The monoisotopic (exact) mass is 714 g/mol. The van der Waals surface area contributed by atoms with E-state index in [1.807, 2.05) is 12.1 Å². The molecule has 11 heteroatoms. The van der Waals surface area contributed by atoms with Crippen LogP contribution in [-0.2, 0) is 19.0 Å². The van der Waals surface area contributed by atoms with Crippen LogP contribution in [0.1, 0.15) is 70.3 Å². The molecule has 2 heterocycles. The molecule has 1 fully saturated rings. The van der Waals surface area contributed by atoms with Gasteiger partial charge >= 0.3 is 5.97 Å². The summed E-state index contributed by atoms with van der Waals surface area (Å²) in [4.78, 5) is 13.7. The lowest BCUT2D eigenvalue weighted by Crippen LogP contribution is -2.45. The van der Waals surface area contributed by atoms with Crippen LogP contribution in [0.3, 0.4) is 0 Å². The summed E-state index contributed by atoms with van der Waals surface area (Å²) >= 11 is 0. The van der Waals surface area contributed by atoms with E-state index in [0.717, 1.165) is 34.2 Å². The van der Waals surface area contributed by atoms with Gasteiger partial charge in [0.15, 0.2) is 11.5 Å². The highest BCUT2D eigenvalue weighted by Crippen LogP contribution is 2.56. The Morgan fingerprint density at radius 1 is 0.771 bits per heavy atom. The minimum atomic E-state index is -2.27. The maximum Gasteiger partial charge on any atom is 0.310 e. The fraction of sp³-hybridized carbons (Fsp3) is 0.649. The predicted octanol–water partition coefficient (Wildman–Crippen LogP) is 9.49. The van der Waals surface area contributed by atoms with Crippen molar-refractivity contribution in [3.05, 3.63) is 47.0 Å². The predicted molar refractivity (Wildman–Crippen MR) is 197 cm³/mol. The van der Waals surface area contributed by atoms with E-state index in [4.69, 9.17) is 32.5 Å². The molecule has 0 unspecified atom stereocenters. The summed E-state index contributed by atoms with van der Waals surface area (Å²) in [6.07, 6.45) is -0.391. The average Bonchev–Trinajstić information content (AvgIpc) is 3.56. The van der Waals surface area contributed by atoms with E-state index in [9.17, 15) is 4.79 Å². The van der Waals surface area contributed by atoms with Gasteiger partial charge in [0.1, 0.15) is 18.3 Å². The minimum absolute atomic E-state index is 0.0128. The van der Waals surface area contributed by atoms with Crippen molar-refractivity contribution in [1.82, 2.24) is 0 Å². The van der Waals surface area contributed by atoms with Gasteiger partial charge in [0.05, 0.1) is 18.6 Å². The molecule has 48 heavy (non-hydrogen) atoms. The van der Waals surface area contributed by atoms with E-state index in [1.54, 1.807) is 0 Å². The minimum Gasteiger partial charge on any atom is -0.541 e. The summed E-state index contributed by atoms with van der Waals surface area (Å²) in [7, 11) is -5.70. The summed E-state index contributed by atoms with van der Waals surface area (Å²) in [5.74, 6) is 1.71. The molecule has 1 saturated heterocycles. The van der Waals surface area contributed by atoms with Gasteiger partial charge in [-0.15, -0.1) is 0 Å². The molecule has 0 radical (unpaired) electrons. The van der Waals surface area contributed by atoms with Crippen LogP contribution in [0, 0.1) is 11.8 Å². The number of fused-ring (bicyclic) bond motifs is 3. The number of carbonyl (C=O) groups excluding carboxylic acids is 1. The Balaban J connectivity index is 1.59. The third-order valence-electron chi connectivity index (χ3n) is 11.1. The van der Waals surface area contributed by atoms with Crippen LogP contribution in [0.25, 0.3) is 0 Å². The average molecular weight is 715 g/mol. The maximum atomic E-state index is 13.7. The highest BCUT2D eigenvalue weighted by Gasteiger charge is 2.53. The number of esters is 1. The molecule has 0 spiro atoms. The van der Waals surface area contributed by atoms with Crippen molar-refractivity contribution in [2.24, 2.45) is 11.8 Å². The van der Waals surface area contributed by atoms with Crippen molar-refractivity contribution in [2.75, 3.05) is 26.8 Å². The second kappa shape index (κ2) is 13.1. The van der Waals surface area contributed by atoms with E-state index >= 15 is 0 Å². The smallest absolute Gasteiger partial charge is 0.310 e. The van der Waals surface area contributed by atoms with Crippen LogP contribution < -0.4 is 18.3 Å². The Labute approximate surface area is 291 Å². The van der Waals surface area contributed by atoms with Gasteiger partial charge in [-0.1, -0.05) is 67.2 Å². The zero-order chi connectivity index (χ0) is 35.4. The third kappa shape index (κ3) is 7.55. The first-order valence-electron chi connectivity index (χ1n) is 17.4. The molecular formula is C37H58O8Si3. The van der Waals surface area contributed by atoms with Gasteiger partial charge in [-0.3, -0.25) is 4.79 Å². The molecule has 0 amide bonds. The van der Waals surface area contributed by atoms with E-state index in [1.165, 1.54) is 0 Å². The number of hydrogen-bond donors (Lipinski definition) is 0. The van der Waals surface area contributed by atoms with Crippen LogP contribution in [0.15, 0.2) is 30.3 Å². The highest BCUT2D eigenvalue weighted by atomic mass is 28.4. The zero-order valence-corrected chi connectivity index (χ0v) is 34.5. The van der Waals surface area contributed by atoms with Crippen molar-refractivity contribution in [1.29, 1.82) is 0 Å². The second-order valence-electron chi connectivity index (χ2n) is 18.0. The second-order valence-corrected chi connectivity index (χ2v) is 33.1. The number of rotatable bonds is 11. The molecule has 0 aromatic heterocycles. The summed E-state index contributed by atoms with van der Waals surface area (Å²) < 4.78 is 43.9. The topological polar surface area (TPSA) is 81.7 Å². The first-order chi connectivity index (χ1) is 22.1. The number of ether oxygens (including phenoxy) is 5.